The molecule has 0 atom stereocenters. The maximum atomic E-state index is 11.5. The highest BCUT2D eigenvalue weighted by molar-refractivity contribution is 9.10. The third kappa shape index (κ3) is 2.77. The van der Waals surface area contributed by atoms with Crippen LogP contribution in [0.25, 0.3) is 0 Å². The van der Waals surface area contributed by atoms with Gasteiger partial charge in [-0.05, 0) is 40.9 Å². The van der Waals surface area contributed by atoms with Crippen LogP contribution in [0.4, 0.5) is 5.69 Å². The Kier molecular flexibility index (Phi) is 3.12. The molecule has 0 spiro atoms. The third-order valence-electron chi connectivity index (χ3n) is 2.39. The molecule has 5 nitrogen and oxygen atoms in total. The topological polar surface area (TPSA) is 96.0 Å². The number of hydrogen-bond acceptors (Lipinski definition) is 4. The largest absolute Gasteiger partial charge is 0.381 e. The van der Waals surface area contributed by atoms with Gasteiger partial charge in [0, 0.05) is 10.5 Å². The number of nitrogens with one attached hydrogen (secondary N) is 1. The zero-order valence-electron chi connectivity index (χ0n) is 8.77. The van der Waals surface area contributed by atoms with Crippen molar-refractivity contribution in [1.82, 2.24) is 0 Å². The average molecular weight is 316 g/mol. The van der Waals surface area contributed by atoms with Crippen molar-refractivity contribution in [2.75, 3.05) is 5.32 Å². The van der Waals surface area contributed by atoms with Gasteiger partial charge in [0.25, 0.3) is 0 Å². The molecule has 1 aromatic carbocycles. The maximum absolute atomic E-state index is 11.5. The SMILES string of the molecule is N#Cc1cc(Br)c(S(N)(=O)=O)c(NC2CC2)c1. The van der Waals surface area contributed by atoms with E-state index in [4.69, 9.17) is 10.4 Å². The van der Waals surface area contributed by atoms with Gasteiger partial charge in [0.1, 0.15) is 4.90 Å². The molecule has 0 bridgehead atoms. The minimum atomic E-state index is -3.83. The molecule has 1 aliphatic carbocycles. The molecule has 90 valence electrons. The zero-order chi connectivity index (χ0) is 12.6. The second kappa shape index (κ2) is 4.29. The van der Waals surface area contributed by atoms with Crippen LogP contribution >= 0.6 is 15.9 Å². The minimum absolute atomic E-state index is 0.00315. The van der Waals surface area contributed by atoms with Crippen LogP contribution in [0, 0.1) is 11.3 Å². The number of nitrogens with two attached hydrogens (primary N) is 1. The molecule has 1 aromatic rings. The zero-order valence-corrected chi connectivity index (χ0v) is 11.2. The second-order valence-corrected chi connectivity index (χ2v) is 6.26. The predicted octanol–water partition coefficient (Wildman–Crippen LogP) is 1.54. The molecular formula is C10H10BrN3O2S. The molecule has 0 aromatic heterocycles. The van der Waals surface area contributed by atoms with Crippen molar-refractivity contribution in [1.29, 1.82) is 5.26 Å². The van der Waals surface area contributed by atoms with E-state index in [9.17, 15) is 8.42 Å². The molecule has 0 radical (unpaired) electrons. The van der Waals surface area contributed by atoms with E-state index in [2.05, 4.69) is 21.2 Å². The fourth-order valence-corrected chi connectivity index (χ4v) is 3.39. The van der Waals surface area contributed by atoms with Crippen LogP contribution in [-0.2, 0) is 10.0 Å². The lowest BCUT2D eigenvalue weighted by Gasteiger charge is -2.12. The molecule has 0 heterocycles. The Bertz CT molecular complexity index is 603. The summed E-state index contributed by atoms with van der Waals surface area (Å²) in [6.45, 7) is 0. The van der Waals surface area contributed by atoms with Crippen LogP contribution in [-0.4, -0.2) is 14.5 Å². The van der Waals surface area contributed by atoms with E-state index in [0.29, 0.717) is 15.7 Å². The van der Waals surface area contributed by atoms with Crippen molar-refractivity contribution in [3.63, 3.8) is 0 Å². The first-order valence-corrected chi connectivity index (χ1v) is 7.28. The summed E-state index contributed by atoms with van der Waals surface area (Å²) in [4.78, 5) is 0.00315. The predicted molar refractivity (Wildman–Crippen MR) is 66.9 cm³/mol. The van der Waals surface area contributed by atoms with Gasteiger partial charge in [-0.25, -0.2) is 13.6 Å². The summed E-state index contributed by atoms with van der Waals surface area (Å²) in [5, 5.41) is 17.1. The monoisotopic (exact) mass is 315 g/mol. The molecule has 0 aliphatic heterocycles. The van der Waals surface area contributed by atoms with Crippen LogP contribution in [0.1, 0.15) is 18.4 Å². The molecule has 0 amide bonds. The molecule has 17 heavy (non-hydrogen) atoms. The lowest BCUT2D eigenvalue weighted by atomic mass is 10.2. The number of anilines is 1. The van der Waals surface area contributed by atoms with E-state index in [0.717, 1.165) is 12.8 Å². The van der Waals surface area contributed by atoms with Gasteiger partial charge in [-0.15, -0.1) is 0 Å². The van der Waals surface area contributed by atoms with Crippen LogP contribution in [0.2, 0.25) is 0 Å². The van der Waals surface area contributed by atoms with Gasteiger partial charge in [0.2, 0.25) is 10.0 Å². The van der Waals surface area contributed by atoms with Gasteiger partial charge in [0.05, 0.1) is 17.3 Å². The molecule has 7 heteroatoms. The molecule has 0 unspecified atom stereocenters. The smallest absolute Gasteiger partial charge is 0.241 e. The Hall–Kier alpha value is -1.10. The number of nitriles is 1. The Labute approximate surface area is 108 Å². The van der Waals surface area contributed by atoms with E-state index in [1.165, 1.54) is 12.1 Å². The number of hydrogen-bond donors (Lipinski definition) is 2. The fraction of sp³-hybridized carbons (Fsp3) is 0.300. The fourth-order valence-electron chi connectivity index (χ4n) is 1.50. The van der Waals surface area contributed by atoms with Crippen LogP contribution in [0.5, 0.6) is 0 Å². The molecule has 1 saturated carbocycles. The van der Waals surface area contributed by atoms with Crippen molar-refractivity contribution >= 4 is 31.6 Å². The number of nitrogens with zero attached hydrogens (tertiary/aromatic N) is 1. The van der Waals surface area contributed by atoms with Gasteiger partial charge < -0.3 is 5.32 Å². The lowest BCUT2D eigenvalue weighted by Crippen LogP contribution is -2.16. The van der Waals surface area contributed by atoms with Crippen LogP contribution in [0.15, 0.2) is 21.5 Å². The summed E-state index contributed by atoms with van der Waals surface area (Å²) >= 11 is 3.13. The Morgan fingerprint density at radius 1 is 1.47 bits per heavy atom. The van der Waals surface area contributed by atoms with Crippen molar-refractivity contribution in [3.8, 4) is 6.07 Å². The first-order valence-electron chi connectivity index (χ1n) is 4.95. The number of sulfonamides is 1. The molecule has 3 N–H and O–H groups in total. The molecule has 1 fully saturated rings. The highest BCUT2D eigenvalue weighted by Crippen LogP contribution is 2.34. The first kappa shape index (κ1) is 12.4. The van der Waals surface area contributed by atoms with Crippen molar-refractivity contribution in [2.45, 2.75) is 23.8 Å². The standard InChI is InChI=1S/C10H10BrN3O2S/c11-8-3-6(5-12)4-9(14-7-1-2-7)10(8)17(13,15)16/h3-4,7,14H,1-2H2,(H2,13,15,16). The number of halogens is 1. The van der Waals surface area contributed by atoms with Gasteiger partial charge in [-0.2, -0.15) is 5.26 Å². The highest BCUT2D eigenvalue weighted by Gasteiger charge is 2.26. The van der Waals surface area contributed by atoms with Gasteiger partial charge in [-0.1, -0.05) is 0 Å². The Balaban J connectivity index is 2.58. The summed E-state index contributed by atoms with van der Waals surface area (Å²) in [6.07, 6.45) is 2.00. The quantitative estimate of drug-likeness (QED) is 0.884. The maximum Gasteiger partial charge on any atom is 0.241 e. The highest BCUT2D eigenvalue weighted by atomic mass is 79.9. The Morgan fingerprint density at radius 2 is 2.12 bits per heavy atom. The van der Waals surface area contributed by atoms with Crippen molar-refractivity contribution < 1.29 is 8.42 Å². The van der Waals surface area contributed by atoms with E-state index < -0.39 is 10.0 Å². The minimum Gasteiger partial charge on any atom is -0.381 e. The third-order valence-corrected chi connectivity index (χ3v) is 4.29. The van der Waals surface area contributed by atoms with Gasteiger partial charge in [-0.3, -0.25) is 0 Å². The summed E-state index contributed by atoms with van der Waals surface area (Å²) in [5.41, 5.74) is 0.772. The first-order chi connectivity index (χ1) is 7.91. The molecule has 2 rings (SSSR count). The van der Waals surface area contributed by atoms with Gasteiger partial charge in [0.15, 0.2) is 0 Å². The van der Waals surface area contributed by atoms with E-state index in [1.807, 2.05) is 6.07 Å². The van der Waals surface area contributed by atoms with E-state index in [-0.39, 0.29) is 10.9 Å². The average Bonchev–Trinajstić information content (AvgIpc) is 2.98. The second-order valence-electron chi connectivity index (χ2n) is 3.91. The number of benzene rings is 1. The normalized spacial score (nSPS) is 15.4. The molecular weight excluding hydrogens is 306 g/mol. The number of rotatable bonds is 3. The molecule has 1 aliphatic rings. The van der Waals surface area contributed by atoms with Crippen LogP contribution in [0.3, 0.4) is 0 Å². The summed E-state index contributed by atoms with van der Waals surface area (Å²) < 4.78 is 23.3. The summed E-state index contributed by atoms with van der Waals surface area (Å²) in [7, 11) is -3.83. The van der Waals surface area contributed by atoms with Gasteiger partial charge >= 0.3 is 0 Å². The summed E-state index contributed by atoms with van der Waals surface area (Å²) in [5.74, 6) is 0. The Morgan fingerprint density at radius 3 is 2.59 bits per heavy atom. The van der Waals surface area contributed by atoms with Crippen molar-refractivity contribution in [2.24, 2.45) is 5.14 Å². The summed E-state index contributed by atoms with van der Waals surface area (Å²) in [6, 6.07) is 5.19. The molecule has 0 saturated heterocycles. The van der Waals surface area contributed by atoms with Crippen LogP contribution < -0.4 is 10.5 Å². The lowest BCUT2D eigenvalue weighted by molar-refractivity contribution is 0.597. The van der Waals surface area contributed by atoms with Crippen molar-refractivity contribution in [3.05, 3.63) is 22.2 Å². The van der Waals surface area contributed by atoms with E-state index in [1.54, 1.807) is 0 Å². The number of primary sulfonamides is 1. The van der Waals surface area contributed by atoms with E-state index >= 15 is 0 Å².